The van der Waals surface area contributed by atoms with Crippen molar-refractivity contribution in [1.29, 1.82) is 0 Å². The van der Waals surface area contributed by atoms with Crippen LogP contribution in [0, 0.1) is 0 Å². The maximum absolute atomic E-state index is 10.7. The monoisotopic (exact) mass is 474 g/mol. The van der Waals surface area contributed by atoms with Crippen LogP contribution in [0.1, 0.15) is 51.6 Å². The molecule has 0 aliphatic carbocycles. The van der Waals surface area contributed by atoms with Crippen LogP contribution in [0.4, 0.5) is 5.69 Å². The number of piperidine rings is 1. The molecule has 2 unspecified atom stereocenters. The number of nitrogens with zero attached hydrogens (tertiary/aromatic N) is 1. The first-order chi connectivity index (χ1) is 13.8. The van der Waals surface area contributed by atoms with Crippen LogP contribution in [0.2, 0.25) is 15.1 Å². The number of benzene rings is 2. The molecule has 0 amide bonds. The zero-order valence-corrected chi connectivity index (χ0v) is 20.2. The standard InChI is InChI=1S/C17H16Cl3N.C5H13NOS/c18-12-4-7-14(8-5-12)21-10-2-1-3-17(21)15-9-6-13(19)11-16(15)20;1-4-6-8(7)5(2)3/h4-9,11,17H,1-3,10H2;5-6H,4H2,1-3H3. The summed E-state index contributed by atoms with van der Waals surface area (Å²) in [4.78, 5) is 2.41. The zero-order chi connectivity index (χ0) is 21.4. The number of halogens is 3. The molecule has 0 radical (unpaired) electrons. The molecule has 3 rings (SSSR count). The van der Waals surface area contributed by atoms with Gasteiger partial charge in [-0.05, 0) is 75.1 Å². The lowest BCUT2D eigenvalue weighted by atomic mass is 9.94. The van der Waals surface area contributed by atoms with E-state index in [0.29, 0.717) is 11.1 Å². The summed E-state index contributed by atoms with van der Waals surface area (Å²) in [5.74, 6) is 0. The SMILES string of the molecule is CCNS(=O)C(C)C.Clc1ccc(N2CCCCC2c2ccc(Cl)cc2Cl)cc1. The van der Waals surface area contributed by atoms with Crippen LogP contribution in [0.25, 0.3) is 0 Å². The first-order valence-corrected chi connectivity index (χ1v) is 12.3. The fourth-order valence-corrected chi connectivity index (χ4v) is 4.56. The van der Waals surface area contributed by atoms with E-state index in [1.807, 2.05) is 51.1 Å². The van der Waals surface area contributed by atoms with Crippen molar-refractivity contribution in [2.24, 2.45) is 0 Å². The average molecular weight is 476 g/mol. The van der Waals surface area contributed by atoms with Gasteiger partial charge in [0.2, 0.25) is 0 Å². The molecule has 2 aromatic rings. The van der Waals surface area contributed by atoms with Crippen LogP contribution in [0.15, 0.2) is 42.5 Å². The predicted molar refractivity (Wildman–Crippen MR) is 129 cm³/mol. The van der Waals surface area contributed by atoms with Gasteiger partial charge < -0.3 is 4.90 Å². The molecule has 29 heavy (non-hydrogen) atoms. The number of anilines is 1. The second kappa shape index (κ2) is 12.2. The maximum atomic E-state index is 10.7. The van der Waals surface area contributed by atoms with E-state index in [1.54, 1.807) is 0 Å². The predicted octanol–water partition coefficient (Wildman–Crippen LogP) is 7.05. The molecule has 2 atom stereocenters. The number of hydrogen-bond donors (Lipinski definition) is 1. The van der Waals surface area contributed by atoms with Gasteiger partial charge in [0.1, 0.15) is 0 Å². The van der Waals surface area contributed by atoms with Gasteiger partial charge in [-0.15, -0.1) is 0 Å². The molecule has 1 heterocycles. The smallest absolute Gasteiger partial charge is 0.0941 e. The molecule has 0 spiro atoms. The molecule has 0 saturated carbocycles. The summed E-state index contributed by atoms with van der Waals surface area (Å²) < 4.78 is 13.6. The van der Waals surface area contributed by atoms with Gasteiger partial charge in [-0.2, -0.15) is 0 Å². The molecule has 160 valence electrons. The Morgan fingerprint density at radius 2 is 1.72 bits per heavy atom. The van der Waals surface area contributed by atoms with E-state index in [2.05, 4.69) is 21.8 Å². The minimum atomic E-state index is -0.822. The first kappa shape index (κ1) is 24.5. The third kappa shape index (κ3) is 7.45. The highest BCUT2D eigenvalue weighted by Crippen LogP contribution is 2.38. The molecule has 0 bridgehead atoms. The fraction of sp³-hybridized carbons (Fsp3) is 0.455. The van der Waals surface area contributed by atoms with E-state index < -0.39 is 11.0 Å². The van der Waals surface area contributed by atoms with E-state index >= 15 is 0 Å². The van der Waals surface area contributed by atoms with Gasteiger partial charge in [-0.3, -0.25) is 0 Å². The molecule has 1 N–H and O–H groups in total. The zero-order valence-electron chi connectivity index (χ0n) is 17.1. The molecular weight excluding hydrogens is 447 g/mol. The molecule has 1 saturated heterocycles. The number of nitrogens with one attached hydrogen (secondary N) is 1. The Labute approximate surface area is 192 Å². The summed E-state index contributed by atoms with van der Waals surface area (Å²) in [5, 5.41) is 2.41. The lowest BCUT2D eigenvalue weighted by molar-refractivity contribution is 0.473. The molecule has 1 aliphatic rings. The summed E-state index contributed by atoms with van der Waals surface area (Å²) >= 11 is 18.4. The number of rotatable bonds is 5. The second-order valence-electron chi connectivity index (χ2n) is 7.19. The fourth-order valence-electron chi connectivity index (χ4n) is 3.28. The van der Waals surface area contributed by atoms with Crippen LogP contribution in [0.3, 0.4) is 0 Å². The molecule has 0 aromatic heterocycles. The highest BCUT2D eigenvalue weighted by atomic mass is 35.5. The highest BCUT2D eigenvalue weighted by Gasteiger charge is 2.26. The van der Waals surface area contributed by atoms with Crippen molar-refractivity contribution in [1.82, 2.24) is 4.72 Å². The van der Waals surface area contributed by atoms with Crippen LogP contribution >= 0.6 is 34.8 Å². The van der Waals surface area contributed by atoms with E-state index in [4.69, 9.17) is 34.8 Å². The summed E-state index contributed by atoms with van der Waals surface area (Å²) in [5.41, 5.74) is 2.34. The van der Waals surface area contributed by atoms with Gasteiger partial charge in [0.05, 0.1) is 17.0 Å². The van der Waals surface area contributed by atoms with Crippen LogP contribution in [-0.2, 0) is 11.0 Å². The third-order valence-electron chi connectivity index (χ3n) is 4.70. The van der Waals surface area contributed by atoms with Crippen molar-refractivity contribution in [3.05, 3.63) is 63.1 Å². The summed E-state index contributed by atoms with van der Waals surface area (Å²) in [7, 11) is -0.822. The van der Waals surface area contributed by atoms with Crippen molar-refractivity contribution in [2.75, 3.05) is 18.0 Å². The lowest BCUT2D eigenvalue weighted by Crippen LogP contribution is -2.33. The molecule has 1 aliphatic heterocycles. The van der Waals surface area contributed by atoms with Crippen LogP contribution in [0.5, 0.6) is 0 Å². The van der Waals surface area contributed by atoms with Crippen molar-refractivity contribution >= 4 is 51.5 Å². The van der Waals surface area contributed by atoms with Gasteiger partial charge in [-0.25, -0.2) is 8.93 Å². The minimum Gasteiger partial charge on any atom is -0.364 e. The van der Waals surface area contributed by atoms with E-state index in [9.17, 15) is 4.21 Å². The van der Waals surface area contributed by atoms with Gasteiger partial charge in [0.25, 0.3) is 0 Å². The normalized spacial score (nSPS) is 17.6. The summed E-state index contributed by atoms with van der Waals surface area (Å²) in [6.07, 6.45) is 3.52. The summed E-state index contributed by atoms with van der Waals surface area (Å²) in [6.45, 7) is 7.62. The maximum Gasteiger partial charge on any atom is 0.0941 e. The van der Waals surface area contributed by atoms with Crippen LogP contribution in [-0.4, -0.2) is 22.5 Å². The largest absolute Gasteiger partial charge is 0.364 e. The molecular formula is C22H29Cl3N2OS. The Hall–Kier alpha value is -0.780. The number of hydrogen-bond acceptors (Lipinski definition) is 2. The highest BCUT2D eigenvalue weighted by molar-refractivity contribution is 7.83. The van der Waals surface area contributed by atoms with E-state index in [1.165, 1.54) is 18.5 Å². The second-order valence-corrected chi connectivity index (χ2v) is 10.3. The Kier molecular flexibility index (Phi) is 10.3. The van der Waals surface area contributed by atoms with Gasteiger partial charge in [0, 0.05) is 39.1 Å². The Morgan fingerprint density at radius 1 is 1.07 bits per heavy atom. The third-order valence-corrected chi connectivity index (χ3v) is 6.94. The van der Waals surface area contributed by atoms with E-state index in [0.717, 1.165) is 35.1 Å². The molecule has 7 heteroatoms. The van der Waals surface area contributed by atoms with Gasteiger partial charge in [-0.1, -0.05) is 47.8 Å². The van der Waals surface area contributed by atoms with E-state index in [-0.39, 0.29) is 5.25 Å². The Bertz CT molecular complexity index is 799. The Morgan fingerprint density at radius 3 is 2.28 bits per heavy atom. The summed E-state index contributed by atoms with van der Waals surface area (Å²) in [6, 6.07) is 14.1. The first-order valence-electron chi connectivity index (χ1n) is 9.94. The quantitative estimate of drug-likeness (QED) is 0.502. The van der Waals surface area contributed by atoms with Crippen LogP contribution < -0.4 is 9.62 Å². The molecule has 2 aromatic carbocycles. The van der Waals surface area contributed by atoms with Crippen molar-refractivity contribution in [3.8, 4) is 0 Å². The van der Waals surface area contributed by atoms with Crippen molar-refractivity contribution in [3.63, 3.8) is 0 Å². The molecule has 3 nitrogen and oxygen atoms in total. The van der Waals surface area contributed by atoms with Crippen molar-refractivity contribution < 1.29 is 4.21 Å². The minimum absolute atomic E-state index is 0.231. The van der Waals surface area contributed by atoms with Gasteiger partial charge >= 0.3 is 0 Å². The Balaban J connectivity index is 0.000000321. The van der Waals surface area contributed by atoms with Gasteiger partial charge in [0.15, 0.2) is 0 Å². The topological polar surface area (TPSA) is 32.3 Å². The lowest BCUT2D eigenvalue weighted by Gasteiger charge is -2.38. The van der Waals surface area contributed by atoms with Crippen molar-refractivity contribution in [2.45, 2.75) is 51.3 Å². The average Bonchev–Trinajstić information content (AvgIpc) is 2.69. The molecule has 1 fully saturated rings.